The largest absolute Gasteiger partial charge is 0.306 e. The van der Waals surface area contributed by atoms with Crippen molar-refractivity contribution in [3.8, 4) is 0 Å². The molecule has 2 rings (SSSR count). The van der Waals surface area contributed by atoms with Crippen LogP contribution in [-0.4, -0.2) is 6.54 Å². The van der Waals surface area contributed by atoms with Crippen LogP contribution in [0.1, 0.15) is 36.1 Å². The first-order valence-corrected chi connectivity index (χ1v) is 7.76. The number of aryl methyl sites for hydroxylation is 1. The van der Waals surface area contributed by atoms with Crippen LogP contribution in [0.5, 0.6) is 0 Å². The van der Waals surface area contributed by atoms with Gasteiger partial charge in [0.2, 0.25) is 0 Å². The molecule has 1 atom stereocenters. The summed E-state index contributed by atoms with van der Waals surface area (Å²) >= 11 is 3.46. The van der Waals surface area contributed by atoms with Gasteiger partial charge in [-0.1, -0.05) is 28.9 Å². The van der Waals surface area contributed by atoms with Crippen molar-refractivity contribution in [3.05, 3.63) is 69.2 Å². The zero-order valence-corrected chi connectivity index (χ0v) is 13.7. The Balaban J connectivity index is 2.49. The highest BCUT2D eigenvalue weighted by Crippen LogP contribution is 2.28. The van der Waals surface area contributed by atoms with E-state index in [1.807, 2.05) is 32.0 Å². The Bertz CT molecular complexity index is 608. The Morgan fingerprint density at radius 2 is 1.90 bits per heavy atom. The summed E-state index contributed by atoms with van der Waals surface area (Å²) in [5, 5.41) is 3.30. The van der Waals surface area contributed by atoms with Gasteiger partial charge in [-0.25, -0.2) is 8.78 Å². The lowest BCUT2D eigenvalue weighted by Crippen LogP contribution is -2.24. The van der Waals surface area contributed by atoms with Gasteiger partial charge in [0.25, 0.3) is 0 Å². The molecule has 0 radical (unpaired) electrons. The van der Waals surface area contributed by atoms with Crippen molar-refractivity contribution in [2.24, 2.45) is 0 Å². The second-order valence-corrected chi connectivity index (χ2v) is 6.03. The highest BCUT2D eigenvalue weighted by Gasteiger charge is 2.18. The standard InChI is InChI=1S/C17H18BrF2N/c1-3-6-21-17(12-7-11(2)8-13(18)9-12)15-10-14(19)4-5-16(15)20/h4-5,7-10,17,21H,3,6H2,1-2H3. The smallest absolute Gasteiger partial charge is 0.128 e. The molecule has 0 fully saturated rings. The lowest BCUT2D eigenvalue weighted by atomic mass is 9.96. The van der Waals surface area contributed by atoms with E-state index < -0.39 is 11.6 Å². The molecule has 0 saturated heterocycles. The molecule has 0 bridgehead atoms. The van der Waals surface area contributed by atoms with Crippen molar-refractivity contribution in [1.29, 1.82) is 0 Å². The van der Waals surface area contributed by atoms with E-state index in [9.17, 15) is 8.78 Å². The molecule has 112 valence electrons. The molecule has 2 aromatic rings. The first-order valence-electron chi connectivity index (χ1n) is 6.96. The Hall–Kier alpha value is -1.26. The molecule has 0 spiro atoms. The predicted octanol–water partition coefficient (Wildman–Crippen LogP) is 5.12. The predicted molar refractivity (Wildman–Crippen MR) is 85.4 cm³/mol. The molecule has 1 nitrogen and oxygen atoms in total. The maximum Gasteiger partial charge on any atom is 0.128 e. The Morgan fingerprint density at radius 1 is 1.14 bits per heavy atom. The maximum atomic E-state index is 14.1. The van der Waals surface area contributed by atoms with Crippen LogP contribution < -0.4 is 5.32 Å². The Kier molecular flexibility index (Phi) is 5.48. The van der Waals surface area contributed by atoms with E-state index in [1.165, 1.54) is 12.1 Å². The Labute approximate surface area is 132 Å². The van der Waals surface area contributed by atoms with Crippen LogP contribution in [0.4, 0.5) is 8.78 Å². The van der Waals surface area contributed by atoms with Gasteiger partial charge in [-0.2, -0.15) is 0 Å². The Morgan fingerprint density at radius 3 is 2.57 bits per heavy atom. The molecule has 0 aliphatic rings. The minimum Gasteiger partial charge on any atom is -0.306 e. The molecule has 1 N–H and O–H groups in total. The minimum atomic E-state index is -0.429. The average molecular weight is 354 g/mol. The SMILES string of the molecule is CCCNC(c1cc(C)cc(Br)c1)c1cc(F)ccc1F. The topological polar surface area (TPSA) is 12.0 Å². The van der Waals surface area contributed by atoms with Gasteiger partial charge < -0.3 is 5.32 Å². The number of hydrogen-bond donors (Lipinski definition) is 1. The lowest BCUT2D eigenvalue weighted by Gasteiger charge is -2.21. The number of nitrogens with one attached hydrogen (secondary N) is 1. The molecule has 0 aliphatic heterocycles. The second-order valence-electron chi connectivity index (χ2n) is 5.11. The fraction of sp³-hybridized carbons (Fsp3) is 0.294. The van der Waals surface area contributed by atoms with Gasteiger partial charge in [-0.05, 0) is 61.3 Å². The van der Waals surface area contributed by atoms with Crippen LogP contribution in [0.25, 0.3) is 0 Å². The van der Waals surface area contributed by atoms with E-state index in [-0.39, 0.29) is 6.04 Å². The van der Waals surface area contributed by atoms with Crippen LogP contribution >= 0.6 is 15.9 Å². The van der Waals surface area contributed by atoms with E-state index in [2.05, 4.69) is 21.2 Å². The van der Waals surface area contributed by atoms with Crippen molar-refractivity contribution in [1.82, 2.24) is 5.32 Å². The summed E-state index contributed by atoms with van der Waals surface area (Å²) in [6.07, 6.45) is 0.917. The lowest BCUT2D eigenvalue weighted by molar-refractivity contribution is 0.535. The number of rotatable bonds is 5. The van der Waals surface area contributed by atoms with Crippen molar-refractivity contribution in [3.63, 3.8) is 0 Å². The average Bonchev–Trinajstić information content (AvgIpc) is 2.42. The minimum absolute atomic E-state index is 0.334. The summed E-state index contributed by atoms with van der Waals surface area (Å²) in [4.78, 5) is 0. The van der Waals surface area contributed by atoms with Gasteiger partial charge in [0, 0.05) is 10.0 Å². The van der Waals surface area contributed by atoms with Crippen molar-refractivity contribution in [2.75, 3.05) is 6.54 Å². The molecular weight excluding hydrogens is 336 g/mol. The van der Waals surface area contributed by atoms with Crippen molar-refractivity contribution in [2.45, 2.75) is 26.3 Å². The third kappa shape index (κ3) is 4.11. The molecule has 0 heterocycles. The summed E-state index contributed by atoms with van der Waals surface area (Å²) in [5.41, 5.74) is 2.32. The van der Waals surface area contributed by atoms with E-state index in [0.29, 0.717) is 5.56 Å². The zero-order chi connectivity index (χ0) is 15.4. The van der Waals surface area contributed by atoms with E-state index in [0.717, 1.165) is 34.6 Å². The van der Waals surface area contributed by atoms with Crippen molar-refractivity contribution < 1.29 is 8.78 Å². The third-order valence-electron chi connectivity index (χ3n) is 3.27. The van der Waals surface area contributed by atoms with Crippen LogP contribution in [0, 0.1) is 18.6 Å². The van der Waals surface area contributed by atoms with E-state index in [4.69, 9.17) is 0 Å². The van der Waals surface area contributed by atoms with Crippen molar-refractivity contribution >= 4 is 15.9 Å². The summed E-state index contributed by atoms with van der Waals surface area (Å²) in [5.74, 6) is -0.830. The highest BCUT2D eigenvalue weighted by molar-refractivity contribution is 9.10. The van der Waals surface area contributed by atoms with Gasteiger partial charge in [-0.3, -0.25) is 0 Å². The zero-order valence-electron chi connectivity index (χ0n) is 12.1. The quantitative estimate of drug-likeness (QED) is 0.785. The molecule has 0 aliphatic carbocycles. The van der Waals surface area contributed by atoms with Gasteiger partial charge in [-0.15, -0.1) is 0 Å². The van der Waals surface area contributed by atoms with E-state index in [1.54, 1.807) is 0 Å². The normalized spacial score (nSPS) is 12.4. The van der Waals surface area contributed by atoms with Gasteiger partial charge in [0.05, 0.1) is 6.04 Å². The first kappa shape index (κ1) is 16.1. The van der Waals surface area contributed by atoms with Crippen LogP contribution in [0.3, 0.4) is 0 Å². The molecule has 21 heavy (non-hydrogen) atoms. The van der Waals surface area contributed by atoms with Gasteiger partial charge >= 0.3 is 0 Å². The van der Waals surface area contributed by atoms with Gasteiger partial charge in [0.1, 0.15) is 11.6 Å². The number of benzene rings is 2. The molecule has 0 saturated carbocycles. The number of hydrogen-bond acceptors (Lipinski definition) is 1. The first-order chi connectivity index (χ1) is 10.0. The number of halogens is 3. The molecule has 0 amide bonds. The monoisotopic (exact) mass is 353 g/mol. The summed E-state index contributed by atoms with van der Waals surface area (Å²) in [6.45, 7) is 4.75. The molecule has 1 unspecified atom stereocenters. The molecular formula is C17H18BrF2N. The summed E-state index contributed by atoms with van der Waals surface area (Å²) < 4.78 is 28.5. The van der Waals surface area contributed by atoms with Crippen LogP contribution in [0.15, 0.2) is 40.9 Å². The summed E-state index contributed by atoms with van der Waals surface area (Å²) in [6, 6.07) is 9.13. The van der Waals surface area contributed by atoms with Crippen LogP contribution in [-0.2, 0) is 0 Å². The fourth-order valence-corrected chi connectivity index (χ4v) is 2.99. The van der Waals surface area contributed by atoms with E-state index >= 15 is 0 Å². The van der Waals surface area contributed by atoms with Gasteiger partial charge in [0.15, 0.2) is 0 Å². The maximum absolute atomic E-state index is 14.1. The molecule has 2 aromatic carbocycles. The third-order valence-corrected chi connectivity index (χ3v) is 3.72. The summed E-state index contributed by atoms with van der Waals surface area (Å²) in [7, 11) is 0. The molecule has 4 heteroatoms. The molecule has 0 aromatic heterocycles. The van der Waals surface area contributed by atoms with Crippen LogP contribution in [0.2, 0.25) is 0 Å². The second kappa shape index (κ2) is 7.14. The fourth-order valence-electron chi connectivity index (χ4n) is 2.36. The highest BCUT2D eigenvalue weighted by atomic mass is 79.9.